The second-order valence-corrected chi connectivity index (χ2v) is 9.69. The lowest BCUT2D eigenvalue weighted by Gasteiger charge is -2.31. The summed E-state index contributed by atoms with van der Waals surface area (Å²) in [7, 11) is 0. The Labute approximate surface area is 223 Å². The van der Waals surface area contributed by atoms with Gasteiger partial charge in [-0.25, -0.2) is 8.78 Å². The number of thiazole rings is 1. The molecule has 2 aromatic rings. The fourth-order valence-corrected chi connectivity index (χ4v) is 4.82. The molecule has 0 atom stereocenters. The number of nitrogens with one attached hydrogen (secondary N) is 3. The Morgan fingerprint density at radius 2 is 1.87 bits per heavy atom. The second-order valence-electron chi connectivity index (χ2n) is 8.66. The smallest absolute Gasteiger partial charge is 0.360 e. The van der Waals surface area contributed by atoms with Gasteiger partial charge in [0.2, 0.25) is 5.91 Å². The molecule has 0 bridgehead atoms. The predicted octanol–water partition coefficient (Wildman–Crippen LogP) is 1.80. The van der Waals surface area contributed by atoms with Crippen molar-refractivity contribution >= 4 is 46.3 Å². The molecule has 2 amide bonds. The van der Waals surface area contributed by atoms with Crippen LogP contribution in [0.15, 0.2) is 29.1 Å². The summed E-state index contributed by atoms with van der Waals surface area (Å²) in [5.74, 6) is -4.33. The van der Waals surface area contributed by atoms with Crippen molar-refractivity contribution in [3.63, 3.8) is 0 Å². The molecule has 1 fully saturated rings. The maximum Gasteiger partial charge on any atom is 0.405 e. The Bertz CT molecular complexity index is 1430. The molecule has 210 valence electrons. The summed E-state index contributed by atoms with van der Waals surface area (Å²) >= 11 is 0.761. The third-order valence-electron chi connectivity index (χ3n) is 5.70. The molecule has 0 spiro atoms. The number of nitrogens with zero attached hydrogens (tertiary/aromatic N) is 3. The normalized spacial score (nSPS) is 16.8. The zero-order chi connectivity index (χ0) is 28.8. The number of amides is 2. The minimum atomic E-state index is -4.67. The van der Waals surface area contributed by atoms with E-state index in [4.69, 9.17) is 0 Å². The van der Waals surface area contributed by atoms with E-state index in [9.17, 15) is 41.6 Å². The Kier molecular flexibility index (Phi) is 9.46. The number of aromatic nitrogens is 1. The van der Waals surface area contributed by atoms with Gasteiger partial charge >= 0.3 is 6.18 Å². The van der Waals surface area contributed by atoms with Gasteiger partial charge in [0.25, 0.3) is 17.4 Å². The topological polar surface area (TPSA) is 119 Å². The van der Waals surface area contributed by atoms with E-state index in [-0.39, 0.29) is 54.1 Å². The molecule has 9 nitrogen and oxygen atoms in total. The number of anilines is 2. The zero-order valence-electron chi connectivity index (χ0n) is 20.7. The van der Waals surface area contributed by atoms with Crippen molar-refractivity contribution in [3.8, 4) is 6.07 Å². The first kappa shape index (κ1) is 29.8. The molecule has 0 radical (unpaired) electrons. The molecule has 3 N–H and O–H groups in total. The highest BCUT2D eigenvalue weighted by Gasteiger charge is 2.34. The fourth-order valence-electron chi connectivity index (χ4n) is 3.73. The number of likely N-dealkylation sites (tertiary alicyclic amines) is 1. The molecule has 1 aromatic carbocycles. The number of rotatable bonds is 8. The van der Waals surface area contributed by atoms with E-state index < -0.39 is 35.7 Å². The van der Waals surface area contributed by atoms with Gasteiger partial charge in [-0.1, -0.05) is 6.07 Å². The molecule has 1 aliphatic rings. The number of hydrogen-bond donors (Lipinski definition) is 3. The molecule has 2 heterocycles. The molecule has 0 aliphatic carbocycles. The summed E-state index contributed by atoms with van der Waals surface area (Å²) < 4.78 is 65.1. The number of halogens is 5. The van der Waals surface area contributed by atoms with Crippen molar-refractivity contribution in [2.45, 2.75) is 38.4 Å². The lowest BCUT2D eigenvalue weighted by Crippen LogP contribution is -2.42. The van der Waals surface area contributed by atoms with Crippen molar-refractivity contribution in [2.24, 2.45) is 0 Å². The zero-order valence-corrected chi connectivity index (χ0v) is 21.5. The first-order valence-electron chi connectivity index (χ1n) is 11.8. The van der Waals surface area contributed by atoms with Crippen molar-refractivity contribution in [2.75, 3.05) is 36.8 Å². The van der Waals surface area contributed by atoms with Crippen molar-refractivity contribution < 1.29 is 31.5 Å². The third-order valence-corrected chi connectivity index (χ3v) is 6.83. The lowest BCUT2D eigenvalue weighted by atomic mass is 10.1. The van der Waals surface area contributed by atoms with Crippen LogP contribution in [0, 0.1) is 11.3 Å². The van der Waals surface area contributed by atoms with Gasteiger partial charge in [-0.15, -0.1) is 11.3 Å². The number of carbonyl (C=O) groups excluding carboxylic acids is 2. The maximum absolute atomic E-state index is 13.3. The number of alkyl halides is 5. The Balaban J connectivity index is 1.76. The van der Waals surface area contributed by atoms with E-state index in [0.29, 0.717) is 11.4 Å². The quantitative estimate of drug-likeness (QED) is 0.416. The van der Waals surface area contributed by atoms with E-state index in [0.717, 1.165) is 15.9 Å². The SMILES string of the molecule is CCn1c(=O)/c(=C\Nc2cccc(NC(=O)CN3CCC(F)(F)CC3)c2)s/c1=C(/C#N)C(=O)NCC(F)(F)F. The summed E-state index contributed by atoms with van der Waals surface area (Å²) in [6, 6.07) is 8.04. The van der Waals surface area contributed by atoms with Crippen LogP contribution in [0.5, 0.6) is 0 Å². The molecule has 0 saturated carbocycles. The number of benzene rings is 1. The van der Waals surface area contributed by atoms with Gasteiger partial charge in [0.05, 0.1) is 6.54 Å². The summed E-state index contributed by atoms with van der Waals surface area (Å²) in [4.78, 5) is 39.0. The number of piperidine rings is 1. The summed E-state index contributed by atoms with van der Waals surface area (Å²) in [5.41, 5.74) is -0.293. The monoisotopic (exact) mass is 572 g/mol. The van der Waals surface area contributed by atoms with Crippen LogP contribution in [-0.2, 0) is 16.1 Å². The van der Waals surface area contributed by atoms with E-state index in [1.54, 1.807) is 47.5 Å². The second kappa shape index (κ2) is 12.4. The molecule has 39 heavy (non-hydrogen) atoms. The Morgan fingerprint density at radius 1 is 1.21 bits per heavy atom. The average molecular weight is 573 g/mol. The van der Waals surface area contributed by atoms with E-state index in [1.807, 2.05) is 0 Å². The first-order valence-corrected chi connectivity index (χ1v) is 12.6. The standard InChI is InChI=1S/C24H25F5N6O3S/c1-2-35-21(38)18(39-22(35)17(11-30)20(37)32-14-24(27,28)29)12-31-15-4-3-5-16(10-15)33-19(36)13-34-8-6-23(25,26)7-9-34/h3-5,10,12,31H,2,6-9,13-14H2,1H3,(H,32,37)(H,33,36)/b18-12+,22-17-. The highest BCUT2D eigenvalue weighted by Crippen LogP contribution is 2.27. The molecule has 0 unspecified atom stereocenters. The van der Waals surface area contributed by atoms with Gasteiger partial charge in [-0.2, -0.15) is 18.4 Å². The average Bonchev–Trinajstić information content (AvgIpc) is 3.17. The van der Waals surface area contributed by atoms with Crippen molar-refractivity contribution in [1.29, 1.82) is 5.26 Å². The molecule has 3 rings (SSSR count). The van der Waals surface area contributed by atoms with E-state index >= 15 is 0 Å². The first-order chi connectivity index (χ1) is 18.3. The van der Waals surface area contributed by atoms with Crippen LogP contribution in [-0.4, -0.2) is 59.6 Å². The number of nitriles is 1. The van der Waals surface area contributed by atoms with E-state index in [1.165, 1.54) is 6.20 Å². The number of hydrogen-bond acceptors (Lipinski definition) is 7. The predicted molar refractivity (Wildman–Crippen MR) is 135 cm³/mol. The molecular formula is C24H25F5N6O3S. The van der Waals surface area contributed by atoms with Crippen LogP contribution in [0.3, 0.4) is 0 Å². The van der Waals surface area contributed by atoms with Crippen molar-refractivity contribution in [3.05, 3.63) is 43.8 Å². The fraction of sp³-hybridized carbons (Fsp3) is 0.417. The van der Waals surface area contributed by atoms with Gasteiger partial charge in [-0.3, -0.25) is 23.9 Å². The molecule has 1 aliphatic heterocycles. The van der Waals surface area contributed by atoms with Crippen LogP contribution < -0.4 is 30.7 Å². The lowest BCUT2D eigenvalue weighted by molar-refractivity contribution is -0.135. The van der Waals surface area contributed by atoms with Crippen LogP contribution in [0.4, 0.5) is 33.3 Å². The maximum atomic E-state index is 13.3. The highest BCUT2D eigenvalue weighted by molar-refractivity contribution is 7.07. The summed E-state index contributed by atoms with van der Waals surface area (Å²) in [5, 5.41) is 16.6. The molecular weight excluding hydrogens is 547 g/mol. The van der Waals surface area contributed by atoms with Gasteiger partial charge in [0.15, 0.2) is 5.57 Å². The van der Waals surface area contributed by atoms with Gasteiger partial charge in [-0.05, 0) is 25.1 Å². The highest BCUT2D eigenvalue weighted by atomic mass is 32.1. The largest absolute Gasteiger partial charge is 0.405 e. The number of carbonyl (C=O) groups is 2. The molecule has 1 saturated heterocycles. The molecule has 1 aromatic heterocycles. The van der Waals surface area contributed by atoms with Crippen molar-refractivity contribution in [1.82, 2.24) is 14.8 Å². The third kappa shape index (κ3) is 8.36. The molecule has 15 heteroatoms. The summed E-state index contributed by atoms with van der Waals surface area (Å²) in [6.45, 7) is 0.211. The van der Waals surface area contributed by atoms with Crippen LogP contribution in [0.2, 0.25) is 0 Å². The minimum Gasteiger partial charge on any atom is -0.360 e. The van der Waals surface area contributed by atoms with Crippen LogP contribution >= 0.6 is 11.3 Å². The van der Waals surface area contributed by atoms with E-state index in [2.05, 4.69) is 10.6 Å². The van der Waals surface area contributed by atoms with Crippen LogP contribution in [0.1, 0.15) is 19.8 Å². The van der Waals surface area contributed by atoms with Gasteiger partial charge < -0.3 is 16.0 Å². The Morgan fingerprint density at radius 3 is 2.49 bits per heavy atom. The summed E-state index contributed by atoms with van der Waals surface area (Å²) in [6.07, 6.45) is -3.95. The van der Waals surface area contributed by atoms with Gasteiger partial charge in [0.1, 0.15) is 21.8 Å². The minimum absolute atomic E-state index is 0.0390. The van der Waals surface area contributed by atoms with Crippen LogP contribution in [0.25, 0.3) is 11.8 Å². The van der Waals surface area contributed by atoms with Gasteiger partial charge in [0, 0.05) is 50.1 Å². The Hall–Kier alpha value is -3.77.